The van der Waals surface area contributed by atoms with E-state index >= 15 is 0 Å². The van der Waals surface area contributed by atoms with Gasteiger partial charge in [0.2, 0.25) is 5.91 Å². The molecule has 3 saturated heterocycles. The average molecular weight is 374 g/mol. The first kappa shape index (κ1) is 17.6. The van der Waals surface area contributed by atoms with Crippen LogP contribution in [0, 0.1) is 16.7 Å². The Bertz CT molecular complexity index is 741. The van der Waals surface area contributed by atoms with Crippen molar-refractivity contribution in [3.8, 4) is 6.07 Å². The molecule has 5 nitrogen and oxygen atoms in total. The van der Waals surface area contributed by atoms with E-state index in [9.17, 15) is 4.79 Å². The lowest BCUT2D eigenvalue weighted by molar-refractivity contribution is -0.139. The van der Waals surface area contributed by atoms with E-state index < -0.39 is 0 Å². The maximum Gasteiger partial charge on any atom is 0.230 e. The number of amides is 1. The van der Waals surface area contributed by atoms with Gasteiger partial charge < -0.3 is 14.5 Å². The predicted molar refractivity (Wildman–Crippen MR) is 100 cm³/mol. The van der Waals surface area contributed by atoms with Crippen molar-refractivity contribution >= 4 is 23.2 Å². The summed E-state index contributed by atoms with van der Waals surface area (Å²) in [7, 11) is 0. The van der Waals surface area contributed by atoms with Crippen molar-refractivity contribution in [2.24, 2.45) is 5.41 Å². The Morgan fingerprint density at radius 3 is 2.77 bits per heavy atom. The minimum atomic E-state index is -0.284. The van der Waals surface area contributed by atoms with Crippen LogP contribution in [0.4, 0.5) is 5.69 Å². The molecule has 1 aromatic rings. The van der Waals surface area contributed by atoms with Gasteiger partial charge in [0.05, 0.1) is 27.8 Å². The van der Waals surface area contributed by atoms with Crippen LogP contribution >= 0.6 is 11.6 Å². The Balaban J connectivity index is 1.53. The van der Waals surface area contributed by atoms with E-state index in [1.807, 2.05) is 6.07 Å². The third kappa shape index (κ3) is 3.06. The number of halogens is 1. The number of rotatable bonds is 2. The number of anilines is 1. The molecule has 0 N–H and O–H groups in total. The Labute approximate surface area is 159 Å². The van der Waals surface area contributed by atoms with Gasteiger partial charge in [-0.2, -0.15) is 5.26 Å². The SMILES string of the molecule is N#Cc1ccc(N2CCCC3(CCN(C4CCOCC4)C3=O)C2)c(Cl)c1. The van der Waals surface area contributed by atoms with Crippen molar-refractivity contribution in [1.82, 2.24) is 4.90 Å². The van der Waals surface area contributed by atoms with E-state index in [1.54, 1.807) is 12.1 Å². The number of carbonyl (C=O) groups is 1. The molecule has 26 heavy (non-hydrogen) atoms. The van der Waals surface area contributed by atoms with Gasteiger partial charge in [0.25, 0.3) is 0 Å². The molecule has 0 bridgehead atoms. The van der Waals surface area contributed by atoms with Gasteiger partial charge in [-0.1, -0.05) is 11.6 Å². The highest BCUT2D eigenvalue weighted by atomic mass is 35.5. The molecule has 0 saturated carbocycles. The van der Waals surface area contributed by atoms with Gasteiger partial charge in [-0.15, -0.1) is 0 Å². The zero-order valence-corrected chi connectivity index (χ0v) is 15.7. The fourth-order valence-corrected chi connectivity index (χ4v) is 5.04. The van der Waals surface area contributed by atoms with Crippen molar-refractivity contribution in [2.75, 3.05) is 37.7 Å². The number of carbonyl (C=O) groups excluding carboxylic acids is 1. The number of nitrogens with zero attached hydrogens (tertiary/aromatic N) is 3. The van der Waals surface area contributed by atoms with Gasteiger partial charge in [0.15, 0.2) is 0 Å². The highest BCUT2D eigenvalue weighted by Crippen LogP contribution is 2.43. The summed E-state index contributed by atoms with van der Waals surface area (Å²) in [6, 6.07) is 7.88. The number of likely N-dealkylation sites (tertiary alicyclic amines) is 1. The van der Waals surface area contributed by atoms with Crippen molar-refractivity contribution in [3.05, 3.63) is 28.8 Å². The van der Waals surface area contributed by atoms with Gasteiger partial charge >= 0.3 is 0 Å². The average Bonchev–Trinajstić information content (AvgIpc) is 2.98. The van der Waals surface area contributed by atoms with E-state index in [-0.39, 0.29) is 5.41 Å². The summed E-state index contributed by atoms with van der Waals surface area (Å²) in [4.78, 5) is 17.7. The van der Waals surface area contributed by atoms with Crippen LogP contribution in [0.5, 0.6) is 0 Å². The molecular weight excluding hydrogens is 350 g/mol. The van der Waals surface area contributed by atoms with Crippen molar-refractivity contribution in [1.29, 1.82) is 5.26 Å². The van der Waals surface area contributed by atoms with Gasteiger partial charge in [-0.3, -0.25) is 4.79 Å². The third-order valence-electron chi connectivity index (χ3n) is 6.17. The fraction of sp³-hybridized carbons (Fsp3) is 0.600. The van der Waals surface area contributed by atoms with E-state index in [0.29, 0.717) is 22.5 Å². The topological polar surface area (TPSA) is 56.6 Å². The largest absolute Gasteiger partial charge is 0.381 e. The Morgan fingerprint density at radius 1 is 1.23 bits per heavy atom. The molecule has 1 spiro atoms. The summed E-state index contributed by atoms with van der Waals surface area (Å²) in [6.45, 7) is 4.00. The molecule has 6 heteroatoms. The maximum absolute atomic E-state index is 13.3. The molecule has 1 atom stereocenters. The zero-order valence-electron chi connectivity index (χ0n) is 14.9. The molecule has 3 aliphatic heterocycles. The highest BCUT2D eigenvalue weighted by Gasteiger charge is 2.50. The number of benzene rings is 1. The van der Waals surface area contributed by atoms with Crippen molar-refractivity contribution in [3.63, 3.8) is 0 Å². The summed E-state index contributed by atoms with van der Waals surface area (Å²) in [6.07, 6.45) is 4.77. The van der Waals surface area contributed by atoms with Crippen LogP contribution in [-0.4, -0.2) is 49.7 Å². The molecule has 1 unspecified atom stereocenters. The standard InChI is InChI=1S/C20H24ClN3O2/c21-17-12-15(13-22)2-3-18(17)23-8-1-6-20(14-23)7-9-24(19(20)25)16-4-10-26-11-5-16/h2-3,12,16H,1,4-11,14H2. The van der Waals surface area contributed by atoms with Crippen LogP contribution < -0.4 is 4.90 Å². The second-order valence-corrected chi connectivity index (χ2v) is 8.08. The first-order valence-corrected chi connectivity index (χ1v) is 9.84. The van der Waals surface area contributed by atoms with E-state index in [1.165, 1.54) is 0 Å². The second-order valence-electron chi connectivity index (χ2n) is 7.68. The monoisotopic (exact) mass is 373 g/mol. The first-order chi connectivity index (χ1) is 12.6. The van der Waals surface area contributed by atoms with Crippen molar-refractivity contribution < 1.29 is 9.53 Å². The number of ether oxygens (including phenoxy) is 1. The van der Waals surface area contributed by atoms with E-state index in [4.69, 9.17) is 21.6 Å². The minimum Gasteiger partial charge on any atom is -0.381 e. The van der Waals surface area contributed by atoms with Gasteiger partial charge in [0.1, 0.15) is 0 Å². The summed E-state index contributed by atoms with van der Waals surface area (Å²) in [5, 5.41) is 9.63. The smallest absolute Gasteiger partial charge is 0.230 e. The normalized spacial score (nSPS) is 27.2. The van der Waals surface area contributed by atoms with Crippen LogP contribution in [0.2, 0.25) is 5.02 Å². The van der Waals surface area contributed by atoms with Crippen LogP contribution in [0.3, 0.4) is 0 Å². The molecule has 138 valence electrons. The van der Waals surface area contributed by atoms with Crippen LogP contribution in [0.1, 0.15) is 37.7 Å². The lowest BCUT2D eigenvalue weighted by atomic mass is 9.78. The third-order valence-corrected chi connectivity index (χ3v) is 6.47. The van der Waals surface area contributed by atoms with Gasteiger partial charge in [-0.25, -0.2) is 0 Å². The summed E-state index contributed by atoms with van der Waals surface area (Å²) < 4.78 is 5.45. The molecule has 3 aliphatic rings. The van der Waals surface area contributed by atoms with E-state index in [0.717, 1.165) is 70.6 Å². The zero-order chi connectivity index (χ0) is 18.1. The molecule has 1 amide bonds. The molecule has 0 aliphatic carbocycles. The number of piperidine rings is 1. The minimum absolute atomic E-state index is 0.284. The van der Waals surface area contributed by atoms with Crippen LogP contribution in [-0.2, 0) is 9.53 Å². The Hall–Kier alpha value is -1.77. The first-order valence-electron chi connectivity index (χ1n) is 9.46. The molecule has 3 fully saturated rings. The van der Waals surface area contributed by atoms with Crippen molar-refractivity contribution in [2.45, 2.75) is 38.1 Å². The number of hydrogen-bond acceptors (Lipinski definition) is 4. The highest BCUT2D eigenvalue weighted by molar-refractivity contribution is 6.33. The molecule has 0 aromatic heterocycles. The second kappa shape index (κ2) is 7.09. The lowest BCUT2D eigenvalue weighted by Crippen LogP contribution is -2.50. The maximum atomic E-state index is 13.3. The van der Waals surface area contributed by atoms with Gasteiger partial charge in [0, 0.05) is 38.9 Å². The molecular formula is C20H24ClN3O2. The lowest BCUT2D eigenvalue weighted by Gasteiger charge is -2.41. The Morgan fingerprint density at radius 2 is 2.04 bits per heavy atom. The molecule has 4 rings (SSSR count). The van der Waals surface area contributed by atoms with E-state index in [2.05, 4.69) is 15.9 Å². The quantitative estimate of drug-likeness (QED) is 0.798. The summed E-state index contributed by atoms with van der Waals surface area (Å²) >= 11 is 6.42. The Kier molecular flexibility index (Phi) is 4.81. The molecule has 0 radical (unpaired) electrons. The van der Waals surface area contributed by atoms with Crippen LogP contribution in [0.15, 0.2) is 18.2 Å². The number of hydrogen-bond donors (Lipinski definition) is 0. The van der Waals surface area contributed by atoms with Crippen LogP contribution in [0.25, 0.3) is 0 Å². The van der Waals surface area contributed by atoms with Gasteiger partial charge in [-0.05, 0) is 50.3 Å². The fourth-order valence-electron chi connectivity index (χ4n) is 4.74. The predicted octanol–water partition coefficient (Wildman–Crippen LogP) is 3.21. The molecule has 3 heterocycles. The summed E-state index contributed by atoms with van der Waals surface area (Å²) in [5.74, 6) is 0.318. The number of nitriles is 1. The summed E-state index contributed by atoms with van der Waals surface area (Å²) in [5.41, 5.74) is 1.21. The molecule has 1 aromatic carbocycles.